The average molecular weight is 369 g/mol. The molecule has 0 saturated carbocycles. The molecule has 27 heavy (non-hydrogen) atoms. The van der Waals surface area contributed by atoms with Crippen LogP contribution in [-0.2, 0) is 6.42 Å². The van der Waals surface area contributed by atoms with Crippen LogP contribution in [0.5, 0.6) is 5.75 Å². The Kier molecular flexibility index (Phi) is 6.45. The van der Waals surface area contributed by atoms with Crippen molar-refractivity contribution < 1.29 is 10.0 Å². The molecule has 0 spiro atoms. The minimum absolute atomic E-state index is 0.0188. The Balaban J connectivity index is 1.59. The van der Waals surface area contributed by atoms with Gasteiger partial charge in [0.05, 0.1) is 16.3 Å². The van der Waals surface area contributed by atoms with E-state index in [9.17, 15) is 15.2 Å². The second kappa shape index (κ2) is 9.20. The van der Waals surface area contributed by atoms with Crippen molar-refractivity contribution in [1.29, 1.82) is 0 Å². The van der Waals surface area contributed by atoms with Crippen molar-refractivity contribution in [2.45, 2.75) is 12.8 Å². The van der Waals surface area contributed by atoms with Crippen molar-refractivity contribution in [3.05, 3.63) is 58.1 Å². The van der Waals surface area contributed by atoms with Gasteiger partial charge in [-0.3, -0.25) is 10.1 Å². The zero-order chi connectivity index (χ0) is 19.1. The Morgan fingerprint density at radius 2 is 1.74 bits per heavy atom. The van der Waals surface area contributed by atoms with E-state index < -0.39 is 4.92 Å². The largest absolute Gasteiger partial charge is 0.508 e. The highest BCUT2D eigenvalue weighted by Gasteiger charge is 2.10. The molecule has 1 heterocycles. The molecule has 2 aromatic carbocycles. The number of rotatable bonds is 7. The zero-order valence-corrected chi connectivity index (χ0v) is 15.0. The van der Waals surface area contributed by atoms with Crippen LogP contribution in [0.25, 0.3) is 0 Å². The summed E-state index contributed by atoms with van der Waals surface area (Å²) in [7, 11) is 0. The van der Waals surface area contributed by atoms with Crippen molar-refractivity contribution in [3.8, 4) is 5.75 Å². The molecule has 0 amide bonds. The molecule has 1 aliphatic heterocycles. The number of aryl methyl sites for hydroxylation is 1. The van der Waals surface area contributed by atoms with Gasteiger partial charge in [0.15, 0.2) is 0 Å². The van der Waals surface area contributed by atoms with Gasteiger partial charge in [-0.25, -0.2) is 0 Å². The highest BCUT2D eigenvalue weighted by Crippen LogP contribution is 2.26. The van der Waals surface area contributed by atoms with Crippen LogP contribution < -0.4 is 5.32 Å². The monoisotopic (exact) mass is 369 g/mol. The summed E-state index contributed by atoms with van der Waals surface area (Å²) in [5.74, 6) is 0.268. The van der Waals surface area contributed by atoms with Crippen LogP contribution in [0.2, 0.25) is 0 Å². The van der Waals surface area contributed by atoms with Crippen molar-refractivity contribution in [2.75, 3.05) is 32.7 Å². The summed E-state index contributed by atoms with van der Waals surface area (Å²) >= 11 is 0. The molecule has 1 aliphatic rings. The third-order valence-corrected chi connectivity index (χ3v) is 4.53. The van der Waals surface area contributed by atoms with Crippen molar-refractivity contribution >= 4 is 17.1 Å². The van der Waals surface area contributed by atoms with Crippen molar-refractivity contribution in [1.82, 2.24) is 10.2 Å². The van der Waals surface area contributed by atoms with Gasteiger partial charge in [0.1, 0.15) is 5.75 Å². The standard InChI is InChI=1S/C19H23N5O3/c25-19-8-5-17(22-21-16-3-6-18(7-4-16)24(26)27)14-15(19)2-1-11-23-12-9-20-10-13-23/h3-8,14,20,25H,1-2,9-13H2. The molecule has 8 heteroatoms. The number of nitro benzene ring substituents is 1. The van der Waals surface area contributed by atoms with Gasteiger partial charge in [0.25, 0.3) is 5.69 Å². The summed E-state index contributed by atoms with van der Waals surface area (Å²) in [6, 6.07) is 11.1. The number of nitrogens with one attached hydrogen (secondary N) is 1. The lowest BCUT2D eigenvalue weighted by molar-refractivity contribution is -0.384. The summed E-state index contributed by atoms with van der Waals surface area (Å²) in [5, 5.41) is 32.4. The summed E-state index contributed by atoms with van der Waals surface area (Å²) in [5.41, 5.74) is 2.05. The van der Waals surface area contributed by atoms with E-state index in [1.807, 2.05) is 6.07 Å². The van der Waals surface area contributed by atoms with E-state index in [0.717, 1.165) is 51.1 Å². The number of aromatic hydroxyl groups is 1. The molecule has 0 aromatic heterocycles. The van der Waals surface area contributed by atoms with E-state index in [-0.39, 0.29) is 11.4 Å². The molecule has 1 saturated heterocycles. The first-order valence-corrected chi connectivity index (χ1v) is 9.03. The molecular weight excluding hydrogens is 346 g/mol. The molecule has 0 aliphatic carbocycles. The second-order valence-electron chi connectivity index (χ2n) is 6.48. The van der Waals surface area contributed by atoms with Crippen molar-refractivity contribution in [2.24, 2.45) is 10.2 Å². The third kappa shape index (κ3) is 5.57. The van der Waals surface area contributed by atoms with E-state index in [4.69, 9.17) is 0 Å². The number of non-ortho nitro benzene ring substituents is 1. The lowest BCUT2D eigenvalue weighted by Crippen LogP contribution is -2.43. The Hall–Kier alpha value is -2.84. The van der Waals surface area contributed by atoms with Crippen LogP contribution in [0.1, 0.15) is 12.0 Å². The van der Waals surface area contributed by atoms with Gasteiger partial charge >= 0.3 is 0 Å². The molecule has 3 rings (SSSR count). The molecule has 2 aromatic rings. The van der Waals surface area contributed by atoms with E-state index in [1.165, 1.54) is 12.1 Å². The number of phenolic OH excluding ortho intramolecular Hbond substituents is 1. The van der Waals surface area contributed by atoms with Gasteiger partial charge in [-0.05, 0) is 55.3 Å². The molecule has 142 valence electrons. The zero-order valence-electron chi connectivity index (χ0n) is 15.0. The van der Waals surface area contributed by atoms with Crippen LogP contribution in [0.15, 0.2) is 52.7 Å². The Labute approximate surface area is 157 Å². The average Bonchev–Trinajstić information content (AvgIpc) is 2.69. The third-order valence-electron chi connectivity index (χ3n) is 4.53. The molecule has 0 atom stereocenters. The van der Waals surface area contributed by atoms with Crippen LogP contribution in [0.3, 0.4) is 0 Å². The molecule has 8 nitrogen and oxygen atoms in total. The first-order chi connectivity index (χ1) is 13.1. The summed E-state index contributed by atoms with van der Waals surface area (Å²) < 4.78 is 0. The quantitative estimate of drug-likeness (QED) is 0.441. The van der Waals surface area contributed by atoms with Gasteiger partial charge in [0, 0.05) is 38.3 Å². The van der Waals surface area contributed by atoms with Gasteiger partial charge in [-0.15, -0.1) is 0 Å². The minimum atomic E-state index is -0.451. The fourth-order valence-electron chi connectivity index (χ4n) is 3.02. The number of nitrogens with zero attached hydrogens (tertiary/aromatic N) is 4. The predicted molar refractivity (Wildman–Crippen MR) is 103 cm³/mol. The lowest BCUT2D eigenvalue weighted by Gasteiger charge is -2.27. The number of benzene rings is 2. The van der Waals surface area contributed by atoms with Crippen LogP contribution in [-0.4, -0.2) is 47.7 Å². The number of hydrogen-bond acceptors (Lipinski definition) is 7. The van der Waals surface area contributed by atoms with Gasteiger partial charge in [-0.1, -0.05) is 0 Å². The predicted octanol–water partition coefficient (Wildman–Crippen LogP) is 3.55. The van der Waals surface area contributed by atoms with Gasteiger partial charge in [-0.2, -0.15) is 10.2 Å². The Morgan fingerprint density at radius 1 is 1.07 bits per heavy atom. The normalized spacial score (nSPS) is 15.3. The first-order valence-electron chi connectivity index (χ1n) is 9.03. The summed E-state index contributed by atoms with van der Waals surface area (Å²) in [6.07, 6.45) is 1.74. The summed E-state index contributed by atoms with van der Waals surface area (Å²) in [6.45, 7) is 5.20. The highest BCUT2D eigenvalue weighted by atomic mass is 16.6. The van der Waals surface area contributed by atoms with E-state index >= 15 is 0 Å². The first kappa shape index (κ1) is 18.9. The van der Waals surface area contributed by atoms with Crippen LogP contribution in [0, 0.1) is 10.1 Å². The Morgan fingerprint density at radius 3 is 2.44 bits per heavy atom. The van der Waals surface area contributed by atoms with Crippen molar-refractivity contribution in [3.63, 3.8) is 0 Å². The number of piperazine rings is 1. The molecule has 2 N–H and O–H groups in total. The van der Waals surface area contributed by atoms with E-state index in [2.05, 4.69) is 20.4 Å². The molecule has 1 fully saturated rings. The van der Waals surface area contributed by atoms with E-state index in [0.29, 0.717) is 11.4 Å². The van der Waals surface area contributed by atoms with Gasteiger partial charge in [0.2, 0.25) is 0 Å². The fourth-order valence-corrected chi connectivity index (χ4v) is 3.02. The summed E-state index contributed by atoms with van der Waals surface area (Å²) in [4.78, 5) is 12.6. The Bertz CT molecular complexity index is 801. The minimum Gasteiger partial charge on any atom is -0.508 e. The maximum absolute atomic E-state index is 10.7. The SMILES string of the molecule is O=[N+]([O-])c1ccc(N=Nc2ccc(O)c(CCCN3CCNCC3)c2)cc1. The van der Waals surface area contributed by atoms with Gasteiger partial charge < -0.3 is 15.3 Å². The maximum atomic E-state index is 10.7. The number of hydrogen-bond donors (Lipinski definition) is 2. The number of phenols is 1. The highest BCUT2D eigenvalue weighted by molar-refractivity contribution is 5.48. The van der Waals surface area contributed by atoms with E-state index in [1.54, 1.807) is 24.3 Å². The molecule has 0 radical (unpaired) electrons. The molecular formula is C19H23N5O3. The lowest BCUT2D eigenvalue weighted by atomic mass is 10.1. The maximum Gasteiger partial charge on any atom is 0.269 e. The smallest absolute Gasteiger partial charge is 0.269 e. The molecule has 0 bridgehead atoms. The van der Waals surface area contributed by atoms with Crippen LogP contribution >= 0.6 is 0 Å². The number of nitro groups is 1. The fraction of sp³-hybridized carbons (Fsp3) is 0.368. The second-order valence-corrected chi connectivity index (χ2v) is 6.48. The topological polar surface area (TPSA) is 103 Å². The number of azo groups is 1. The molecule has 0 unspecified atom stereocenters. The van der Waals surface area contributed by atoms with Crippen LogP contribution in [0.4, 0.5) is 17.1 Å².